The number of benzene rings is 3. The Balaban J connectivity index is 1.39. The van der Waals surface area contributed by atoms with E-state index in [0.717, 1.165) is 6.07 Å². The minimum atomic E-state index is -4.88. The van der Waals surface area contributed by atoms with Crippen LogP contribution in [0.1, 0.15) is 51.3 Å². The van der Waals surface area contributed by atoms with Crippen LogP contribution in [0.3, 0.4) is 0 Å². The molecule has 1 heterocycles. The van der Waals surface area contributed by atoms with Crippen LogP contribution >= 0.6 is 11.6 Å². The van der Waals surface area contributed by atoms with Crippen molar-refractivity contribution >= 4 is 72.4 Å². The van der Waals surface area contributed by atoms with Gasteiger partial charge in [0.2, 0.25) is 17.2 Å². The minimum absolute atomic E-state index is 0.0111. The molecule has 0 saturated carbocycles. The number of hydrogen-bond acceptors (Lipinski definition) is 13. The maximum Gasteiger partial charge on any atom is 0.296 e. The van der Waals surface area contributed by atoms with Gasteiger partial charge >= 0.3 is 0 Å². The van der Waals surface area contributed by atoms with Crippen LogP contribution in [0.5, 0.6) is 0 Å². The fraction of sp³-hybridized carbons (Fsp3) is 0.207. The minimum Gasteiger partial charge on any atom is -0.397 e. The monoisotopic (exact) mass is 701 g/mol. The van der Waals surface area contributed by atoms with Gasteiger partial charge in [-0.2, -0.15) is 31.8 Å². The van der Waals surface area contributed by atoms with Gasteiger partial charge < -0.3 is 21.7 Å². The molecule has 0 saturated heterocycles. The lowest BCUT2D eigenvalue weighted by atomic mass is 9.82. The topological polar surface area (TPSA) is 244 Å². The number of carbonyl (C=O) groups is 2. The molecule has 0 radical (unpaired) electrons. The summed E-state index contributed by atoms with van der Waals surface area (Å²) in [6, 6.07) is 11.3. The molecule has 1 aliphatic rings. The van der Waals surface area contributed by atoms with Gasteiger partial charge in [-0.3, -0.25) is 18.7 Å². The van der Waals surface area contributed by atoms with Gasteiger partial charge in [-0.25, -0.2) is 0 Å². The normalized spacial score (nSPS) is 13.1. The average Bonchev–Trinajstić information content (AvgIpc) is 2.96. The molecule has 47 heavy (non-hydrogen) atoms. The molecule has 3 aromatic carbocycles. The molecule has 246 valence electrons. The van der Waals surface area contributed by atoms with E-state index in [4.69, 9.17) is 17.3 Å². The molecular formula is C29H28ClN7O8S2. The van der Waals surface area contributed by atoms with Gasteiger partial charge in [-0.05, 0) is 47.7 Å². The SMILES string of the molecule is Cc1ccc(S(=O)(=O)O)c(Nc2nc(Cl)nc(NCC(C)(C)CNc3cc(S(=O)(=O)O)c(N)c4c3C(=O)c3ccccc3C4=O)n2)c1. The Hall–Kier alpha value is -4.68. The molecular weight excluding hydrogens is 674 g/mol. The summed E-state index contributed by atoms with van der Waals surface area (Å²) in [6.45, 7) is 5.61. The van der Waals surface area contributed by atoms with Crippen LogP contribution in [-0.4, -0.2) is 65.5 Å². The number of fused-ring (bicyclic) bond motifs is 2. The number of halogens is 1. The first-order valence-electron chi connectivity index (χ1n) is 13.7. The molecule has 0 spiro atoms. The van der Waals surface area contributed by atoms with Crippen molar-refractivity contribution in [2.24, 2.45) is 5.41 Å². The number of carbonyl (C=O) groups excluding carboxylic acids is 2. The molecule has 0 fully saturated rings. The number of aryl methyl sites for hydroxylation is 1. The standard InChI is InChI=1S/C29H28ClN7O8S2/c1-14-8-9-19(46(40,41)42)17(10-14)34-28-36-26(30)35-27(37-28)33-13-29(2,3)12-32-18-11-20(47(43,44)45)23(31)22-21(18)24(38)15-6-4-5-7-16(15)25(22)39/h4-11,32H,12-13,31H2,1-3H3,(H,40,41,42)(H,43,44,45)(H2,33,34,35,36,37). The number of nitrogens with one attached hydrogen (secondary N) is 3. The van der Waals surface area contributed by atoms with Crippen molar-refractivity contribution in [3.05, 3.63) is 81.6 Å². The van der Waals surface area contributed by atoms with E-state index in [2.05, 4.69) is 30.9 Å². The zero-order valence-electron chi connectivity index (χ0n) is 25.0. The van der Waals surface area contributed by atoms with Gasteiger partial charge in [-0.15, -0.1) is 0 Å². The molecule has 5 rings (SSSR count). The summed E-state index contributed by atoms with van der Waals surface area (Å²) < 4.78 is 67.6. The van der Waals surface area contributed by atoms with Gasteiger partial charge in [0.05, 0.1) is 22.5 Å². The first-order valence-corrected chi connectivity index (χ1v) is 17.0. The third kappa shape index (κ3) is 7.03. The van der Waals surface area contributed by atoms with Crippen LogP contribution in [0.25, 0.3) is 0 Å². The fourth-order valence-corrected chi connectivity index (χ4v) is 6.37. The summed E-state index contributed by atoms with van der Waals surface area (Å²) in [5.41, 5.74) is 5.23. The highest BCUT2D eigenvalue weighted by Crippen LogP contribution is 2.39. The van der Waals surface area contributed by atoms with Crippen LogP contribution < -0.4 is 21.7 Å². The number of ketones is 2. The number of rotatable bonds is 10. The lowest BCUT2D eigenvalue weighted by Crippen LogP contribution is -2.32. The molecule has 7 N–H and O–H groups in total. The van der Waals surface area contributed by atoms with Crippen molar-refractivity contribution in [2.75, 3.05) is 34.8 Å². The Bertz CT molecular complexity index is 2190. The Morgan fingerprint density at radius 1 is 0.787 bits per heavy atom. The Morgan fingerprint density at radius 3 is 1.98 bits per heavy atom. The smallest absolute Gasteiger partial charge is 0.296 e. The van der Waals surface area contributed by atoms with Gasteiger partial charge in [0.15, 0.2) is 11.6 Å². The second-order valence-corrected chi connectivity index (χ2v) is 14.6. The summed E-state index contributed by atoms with van der Waals surface area (Å²) in [5, 5.41) is 8.55. The fourth-order valence-electron chi connectivity index (χ4n) is 4.93. The molecule has 0 atom stereocenters. The number of aromatic nitrogens is 3. The van der Waals surface area contributed by atoms with E-state index < -0.39 is 52.7 Å². The van der Waals surface area contributed by atoms with E-state index in [9.17, 15) is 35.5 Å². The highest BCUT2D eigenvalue weighted by atomic mass is 35.5. The van der Waals surface area contributed by atoms with Crippen molar-refractivity contribution in [3.8, 4) is 0 Å². The average molecular weight is 702 g/mol. The molecule has 15 nitrogen and oxygen atoms in total. The van der Waals surface area contributed by atoms with Crippen LogP contribution in [0.4, 0.5) is 29.0 Å². The maximum atomic E-state index is 13.6. The van der Waals surface area contributed by atoms with E-state index in [0.29, 0.717) is 5.56 Å². The van der Waals surface area contributed by atoms with Crippen LogP contribution in [0, 0.1) is 12.3 Å². The van der Waals surface area contributed by atoms with Crippen LogP contribution in [0.15, 0.2) is 58.3 Å². The van der Waals surface area contributed by atoms with Crippen molar-refractivity contribution in [1.29, 1.82) is 0 Å². The highest BCUT2D eigenvalue weighted by Gasteiger charge is 2.36. The van der Waals surface area contributed by atoms with Crippen molar-refractivity contribution in [2.45, 2.75) is 30.6 Å². The van der Waals surface area contributed by atoms with E-state index in [1.807, 2.05) is 13.8 Å². The van der Waals surface area contributed by atoms with Crippen molar-refractivity contribution in [1.82, 2.24) is 15.0 Å². The van der Waals surface area contributed by atoms with Crippen LogP contribution in [-0.2, 0) is 20.2 Å². The van der Waals surface area contributed by atoms with Gasteiger partial charge in [-0.1, -0.05) is 44.2 Å². The van der Waals surface area contributed by atoms with Gasteiger partial charge in [0.25, 0.3) is 20.2 Å². The van der Waals surface area contributed by atoms with Crippen molar-refractivity contribution in [3.63, 3.8) is 0 Å². The Labute approximate surface area is 274 Å². The summed E-state index contributed by atoms with van der Waals surface area (Å²) in [7, 11) is -9.45. The number of anilines is 5. The predicted octanol–water partition coefficient (Wildman–Crippen LogP) is 3.98. The molecule has 1 aromatic heterocycles. The molecule has 0 bridgehead atoms. The van der Waals surface area contributed by atoms with E-state index >= 15 is 0 Å². The van der Waals surface area contributed by atoms with Crippen molar-refractivity contribution < 1.29 is 35.5 Å². The quantitative estimate of drug-likeness (QED) is 0.0891. The Morgan fingerprint density at radius 2 is 1.36 bits per heavy atom. The van der Waals surface area contributed by atoms with Gasteiger partial charge in [0.1, 0.15) is 9.79 Å². The van der Waals surface area contributed by atoms with Gasteiger partial charge in [0, 0.05) is 29.9 Å². The maximum absolute atomic E-state index is 13.6. The molecule has 18 heteroatoms. The zero-order valence-corrected chi connectivity index (χ0v) is 27.4. The third-order valence-corrected chi connectivity index (χ3v) is 9.20. The lowest BCUT2D eigenvalue weighted by Gasteiger charge is -2.28. The summed E-state index contributed by atoms with van der Waals surface area (Å²) in [6.07, 6.45) is 0. The summed E-state index contributed by atoms with van der Waals surface area (Å²) >= 11 is 6.10. The molecule has 1 aliphatic carbocycles. The lowest BCUT2D eigenvalue weighted by molar-refractivity contribution is 0.0980. The number of nitrogens with zero attached hydrogens (tertiary/aromatic N) is 3. The largest absolute Gasteiger partial charge is 0.397 e. The molecule has 0 amide bonds. The zero-order chi connectivity index (χ0) is 34.5. The predicted molar refractivity (Wildman–Crippen MR) is 174 cm³/mol. The highest BCUT2D eigenvalue weighted by molar-refractivity contribution is 7.86. The Kier molecular flexibility index (Phi) is 8.71. The number of nitrogen functional groups attached to an aromatic ring is 1. The summed E-state index contributed by atoms with van der Waals surface area (Å²) in [5.74, 6) is -1.31. The number of nitrogens with two attached hydrogens (primary N) is 1. The third-order valence-electron chi connectivity index (χ3n) is 7.23. The van der Waals surface area contributed by atoms with E-state index in [1.54, 1.807) is 19.1 Å². The molecule has 0 unspecified atom stereocenters. The molecule has 4 aromatic rings. The number of hydrogen-bond donors (Lipinski definition) is 6. The summed E-state index contributed by atoms with van der Waals surface area (Å²) in [4.78, 5) is 38.1. The first kappa shape index (κ1) is 33.7. The first-order chi connectivity index (χ1) is 21.9. The second kappa shape index (κ2) is 12.2. The molecule has 0 aliphatic heterocycles. The second-order valence-electron chi connectivity index (χ2n) is 11.5. The van der Waals surface area contributed by atoms with Crippen LogP contribution in [0.2, 0.25) is 5.28 Å². The van der Waals surface area contributed by atoms with E-state index in [1.165, 1.54) is 30.3 Å². The van der Waals surface area contributed by atoms with E-state index in [-0.39, 0.29) is 63.9 Å².